The minimum atomic E-state index is 0.336. The van der Waals surface area contributed by atoms with Crippen LogP contribution in [0.3, 0.4) is 0 Å². The van der Waals surface area contributed by atoms with Crippen molar-refractivity contribution in [2.24, 2.45) is 0 Å². The van der Waals surface area contributed by atoms with Gasteiger partial charge in [-0.3, -0.25) is 0 Å². The highest BCUT2D eigenvalue weighted by atomic mass is 16.5. The van der Waals surface area contributed by atoms with Crippen molar-refractivity contribution < 1.29 is 4.74 Å². The molecule has 0 aliphatic carbocycles. The summed E-state index contributed by atoms with van der Waals surface area (Å²) in [4.78, 5) is 8.97. The molecule has 3 heterocycles. The quantitative estimate of drug-likeness (QED) is 0.783. The first kappa shape index (κ1) is 13.0. The third-order valence-electron chi connectivity index (χ3n) is 3.78. The number of rotatable bonds is 2. The Morgan fingerprint density at radius 1 is 1.18 bits per heavy atom. The summed E-state index contributed by atoms with van der Waals surface area (Å²) in [6, 6.07) is 10.0. The number of benzene rings is 1. The number of nitrogen functional groups attached to an aromatic ring is 1. The lowest BCUT2D eigenvalue weighted by molar-refractivity contribution is 0.161. The normalized spacial score (nSPS) is 15.0. The van der Waals surface area contributed by atoms with Gasteiger partial charge < -0.3 is 10.5 Å². The first-order valence-electron chi connectivity index (χ1n) is 7.16. The molecule has 4 rings (SSSR count). The van der Waals surface area contributed by atoms with Gasteiger partial charge in [0.15, 0.2) is 5.65 Å². The van der Waals surface area contributed by atoms with E-state index in [-0.39, 0.29) is 0 Å². The van der Waals surface area contributed by atoms with Crippen molar-refractivity contribution in [2.75, 3.05) is 18.9 Å². The van der Waals surface area contributed by atoms with Crippen LogP contribution in [0.5, 0.6) is 0 Å². The monoisotopic (exact) mass is 293 g/mol. The molecule has 0 unspecified atom stereocenters. The Hall–Kier alpha value is -2.73. The molecule has 0 amide bonds. The lowest BCUT2D eigenvalue weighted by atomic mass is 9.97. The predicted octanol–water partition coefficient (Wildman–Crippen LogP) is 2.18. The number of hydrogen-bond acceptors (Lipinski definition) is 5. The zero-order valence-electron chi connectivity index (χ0n) is 11.9. The van der Waals surface area contributed by atoms with Crippen LogP contribution in [0.15, 0.2) is 42.7 Å². The van der Waals surface area contributed by atoms with E-state index >= 15 is 0 Å². The van der Waals surface area contributed by atoms with Gasteiger partial charge in [-0.1, -0.05) is 36.4 Å². The van der Waals surface area contributed by atoms with Gasteiger partial charge in [0.25, 0.3) is 0 Å². The summed E-state index contributed by atoms with van der Waals surface area (Å²) in [7, 11) is 0. The van der Waals surface area contributed by atoms with Crippen LogP contribution in [0.4, 0.5) is 5.95 Å². The molecular formula is C16H15N5O. The Morgan fingerprint density at radius 3 is 2.82 bits per heavy atom. The second-order valence-corrected chi connectivity index (χ2v) is 5.11. The maximum Gasteiger partial charge on any atom is 0.223 e. The van der Waals surface area contributed by atoms with E-state index in [0.29, 0.717) is 19.2 Å². The van der Waals surface area contributed by atoms with Crippen LogP contribution < -0.4 is 5.73 Å². The van der Waals surface area contributed by atoms with Crippen LogP contribution in [0.2, 0.25) is 0 Å². The third kappa shape index (κ3) is 2.05. The zero-order chi connectivity index (χ0) is 14.9. The Morgan fingerprint density at radius 2 is 2.05 bits per heavy atom. The third-order valence-corrected chi connectivity index (χ3v) is 3.78. The van der Waals surface area contributed by atoms with E-state index in [1.807, 2.05) is 30.3 Å². The number of ether oxygens (including phenoxy) is 1. The summed E-state index contributed by atoms with van der Waals surface area (Å²) in [5, 5.41) is 4.17. The predicted molar refractivity (Wildman–Crippen MR) is 84.0 cm³/mol. The van der Waals surface area contributed by atoms with Crippen molar-refractivity contribution in [2.45, 2.75) is 6.42 Å². The van der Waals surface area contributed by atoms with Crippen LogP contribution in [-0.2, 0) is 4.74 Å². The lowest BCUT2D eigenvalue weighted by Gasteiger charge is -2.17. The van der Waals surface area contributed by atoms with Gasteiger partial charge in [0.1, 0.15) is 6.33 Å². The van der Waals surface area contributed by atoms with Crippen molar-refractivity contribution in [1.29, 1.82) is 0 Å². The molecule has 0 bridgehead atoms. The smallest absolute Gasteiger partial charge is 0.223 e. The Labute approximate surface area is 127 Å². The SMILES string of the molecule is Nc1nc(-c2ccccc2)c(C2=CCOCC2)c2ncnn12. The summed E-state index contributed by atoms with van der Waals surface area (Å²) in [5.74, 6) is 0.336. The fourth-order valence-corrected chi connectivity index (χ4v) is 2.76. The van der Waals surface area contributed by atoms with Crippen LogP contribution in [-0.4, -0.2) is 32.8 Å². The first-order valence-corrected chi connectivity index (χ1v) is 7.16. The summed E-state index contributed by atoms with van der Waals surface area (Å²) in [5.41, 5.74) is 10.8. The van der Waals surface area contributed by atoms with E-state index in [9.17, 15) is 0 Å². The lowest BCUT2D eigenvalue weighted by Crippen LogP contribution is -2.10. The molecule has 2 N–H and O–H groups in total. The van der Waals surface area contributed by atoms with Gasteiger partial charge >= 0.3 is 0 Å². The number of anilines is 1. The number of nitrogens with two attached hydrogens (primary N) is 1. The molecular weight excluding hydrogens is 278 g/mol. The fourth-order valence-electron chi connectivity index (χ4n) is 2.76. The van der Waals surface area contributed by atoms with Crippen LogP contribution in [0.25, 0.3) is 22.5 Å². The second kappa shape index (κ2) is 5.23. The van der Waals surface area contributed by atoms with Gasteiger partial charge in [0, 0.05) is 11.1 Å². The highest BCUT2D eigenvalue weighted by Gasteiger charge is 2.20. The topological polar surface area (TPSA) is 78.3 Å². The summed E-state index contributed by atoms with van der Waals surface area (Å²) in [6.45, 7) is 1.30. The van der Waals surface area contributed by atoms with Crippen molar-refractivity contribution in [3.05, 3.63) is 48.3 Å². The summed E-state index contributed by atoms with van der Waals surface area (Å²) in [6.07, 6.45) is 4.41. The number of aromatic nitrogens is 4. The fraction of sp³-hybridized carbons (Fsp3) is 0.188. The molecule has 1 aromatic carbocycles. The molecule has 0 fully saturated rings. The van der Waals surface area contributed by atoms with Gasteiger partial charge in [-0.2, -0.15) is 9.61 Å². The van der Waals surface area contributed by atoms with Crippen molar-refractivity contribution >= 4 is 17.2 Å². The number of nitrogens with zero attached hydrogens (tertiary/aromatic N) is 4. The maximum atomic E-state index is 6.04. The van der Waals surface area contributed by atoms with E-state index < -0.39 is 0 Å². The number of hydrogen-bond donors (Lipinski definition) is 1. The van der Waals surface area contributed by atoms with Crippen molar-refractivity contribution in [3.63, 3.8) is 0 Å². The molecule has 0 atom stereocenters. The molecule has 3 aromatic rings. The molecule has 1 aliphatic heterocycles. The molecule has 1 aliphatic rings. The summed E-state index contributed by atoms with van der Waals surface area (Å²) < 4.78 is 7.00. The Kier molecular flexibility index (Phi) is 3.08. The van der Waals surface area contributed by atoms with Gasteiger partial charge in [0.2, 0.25) is 5.95 Å². The molecule has 0 spiro atoms. The van der Waals surface area contributed by atoms with E-state index in [4.69, 9.17) is 10.5 Å². The Bertz CT molecular complexity index is 854. The van der Waals surface area contributed by atoms with E-state index in [0.717, 1.165) is 28.9 Å². The molecule has 22 heavy (non-hydrogen) atoms. The highest BCUT2D eigenvalue weighted by molar-refractivity contribution is 5.87. The molecule has 0 saturated heterocycles. The average molecular weight is 293 g/mol. The molecule has 110 valence electrons. The molecule has 0 radical (unpaired) electrons. The van der Waals surface area contributed by atoms with E-state index in [1.54, 1.807) is 4.52 Å². The average Bonchev–Trinajstić information content (AvgIpc) is 3.06. The molecule has 0 saturated carbocycles. The number of fused-ring (bicyclic) bond motifs is 1. The van der Waals surface area contributed by atoms with Crippen molar-refractivity contribution in [3.8, 4) is 11.3 Å². The minimum Gasteiger partial charge on any atom is -0.377 e. The summed E-state index contributed by atoms with van der Waals surface area (Å²) >= 11 is 0. The highest BCUT2D eigenvalue weighted by Crippen LogP contribution is 2.33. The van der Waals surface area contributed by atoms with Gasteiger partial charge in [-0.25, -0.2) is 9.97 Å². The van der Waals surface area contributed by atoms with E-state index in [1.165, 1.54) is 11.9 Å². The zero-order valence-corrected chi connectivity index (χ0v) is 11.9. The van der Waals surface area contributed by atoms with Crippen LogP contribution >= 0.6 is 0 Å². The first-order chi connectivity index (χ1) is 10.8. The minimum absolute atomic E-state index is 0.336. The van der Waals surface area contributed by atoms with Crippen LogP contribution in [0.1, 0.15) is 12.0 Å². The second-order valence-electron chi connectivity index (χ2n) is 5.11. The largest absolute Gasteiger partial charge is 0.377 e. The van der Waals surface area contributed by atoms with Gasteiger partial charge in [-0.05, 0) is 12.0 Å². The molecule has 2 aromatic heterocycles. The van der Waals surface area contributed by atoms with Crippen LogP contribution in [0, 0.1) is 0 Å². The van der Waals surface area contributed by atoms with Crippen molar-refractivity contribution in [1.82, 2.24) is 19.6 Å². The van der Waals surface area contributed by atoms with E-state index in [2.05, 4.69) is 21.1 Å². The van der Waals surface area contributed by atoms with Gasteiger partial charge in [-0.15, -0.1) is 0 Å². The standard InChI is InChI=1S/C16H15N5O/c17-16-20-14(12-4-2-1-3-5-12)13(11-6-8-22-9-7-11)15-18-10-19-21(15)16/h1-6,10H,7-9H2,(H2,17,20). The maximum absolute atomic E-state index is 6.04. The molecule has 6 nitrogen and oxygen atoms in total. The Balaban J connectivity index is 2.04. The molecule has 6 heteroatoms. The van der Waals surface area contributed by atoms with Gasteiger partial charge in [0.05, 0.1) is 18.9 Å².